The number of aromatic nitrogens is 1. The molecule has 0 saturated carbocycles. The molecule has 5 heteroatoms. The number of hydrogen-bond acceptors (Lipinski definition) is 3. The van der Waals surface area contributed by atoms with Gasteiger partial charge in [-0.3, -0.25) is 4.79 Å². The van der Waals surface area contributed by atoms with Gasteiger partial charge in [-0.05, 0) is 41.6 Å². The highest BCUT2D eigenvalue weighted by atomic mass is 127. The third kappa shape index (κ3) is 3.49. The van der Waals surface area contributed by atoms with Gasteiger partial charge in [0.05, 0.1) is 10.1 Å². The molecule has 0 aromatic carbocycles. The third-order valence-corrected chi connectivity index (χ3v) is 2.42. The standard InChI is InChI=1S/C9H12IN3O/c1-2-11-8(14)6-13-9-7(10)4-3-5-12-9/h3-5H,2,6H2,1H3,(H,11,14)(H,12,13). The van der Waals surface area contributed by atoms with Crippen molar-refractivity contribution in [2.45, 2.75) is 6.92 Å². The second-order valence-corrected chi connectivity index (χ2v) is 3.80. The van der Waals surface area contributed by atoms with Crippen molar-refractivity contribution in [2.75, 3.05) is 18.4 Å². The van der Waals surface area contributed by atoms with Crippen LogP contribution in [0, 0.1) is 3.57 Å². The number of carbonyl (C=O) groups is 1. The number of rotatable bonds is 4. The molecule has 1 rings (SSSR count). The quantitative estimate of drug-likeness (QED) is 0.823. The molecule has 0 spiro atoms. The van der Waals surface area contributed by atoms with Gasteiger partial charge in [0.15, 0.2) is 0 Å². The minimum Gasteiger partial charge on any atom is -0.360 e. The molecular weight excluding hydrogens is 293 g/mol. The fourth-order valence-corrected chi connectivity index (χ4v) is 1.48. The zero-order chi connectivity index (χ0) is 10.4. The Morgan fingerprint density at radius 2 is 2.43 bits per heavy atom. The number of halogens is 1. The average Bonchev–Trinajstić information content (AvgIpc) is 2.17. The number of nitrogens with one attached hydrogen (secondary N) is 2. The molecule has 0 aliphatic rings. The van der Waals surface area contributed by atoms with E-state index in [0.717, 1.165) is 9.39 Å². The van der Waals surface area contributed by atoms with E-state index >= 15 is 0 Å². The van der Waals surface area contributed by atoms with E-state index in [0.29, 0.717) is 6.54 Å². The molecule has 0 bridgehead atoms. The first kappa shape index (κ1) is 11.2. The maximum absolute atomic E-state index is 11.1. The molecular formula is C9H12IN3O. The van der Waals surface area contributed by atoms with E-state index in [1.165, 1.54) is 0 Å². The summed E-state index contributed by atoms with van der Waals surface area (Å²) in [5, 5.41) is 5.67. The Balaban J connectivity index is 2.46. The highest BCUT2D eigenvalue weighted by Crippen LogP contribution is 2.12. The summed E-state index contributed by atoms with van der Waals surface area (Å²) in [6.45, 7) is 2.81. The second-order valence-electron chi connectivity index (χ2n) is 2.64. The Kier molecular flexibility index (Phi) is 4.64. The maximum Gasteiger partial charge on any atom is 0.239 e. The summed E-state index contributed by atoms with van der Waals surface area (Å²) in [6, 6.07) is 3.80. The van der Waals surface area contributed by atoms with Gasteiger partial charge < -0.3 is 10.6 Å². The number of likely N-dealkylation sites (N-methyl/N-ethyl adjacent to an activating group) is 1. The molecule has 0 aliphatic carbocycles. The van der Waals surface area contributed by atoms with Gasteiger partial charge in [-0.2, -0.15) is 0 Å². The SMILES string of the molecule is CCNC(=O)CNc1ncccc1I. The summed E-state index contributed by atoms with van der Waals surface area (Å²) < 4.78 is 1.01. The number of carbonyl (C=O) groups excluding carboxylic acids is 1. The number of hydrogen-bond donors (Lipinski definition) is 2. The average molecular weight is 305 g/mol. The van der Waals surface area contributed by atoms with E-state index in [9.17, 15) is 4.79 Å². The van der Waals surface area contributed by atoms with Gasteiger partial charge in [0.1, 0.15) is 5.82 Å². The molecule has 0 fully saturated rings. The first-order valence-electron chi connectivity index (χ1n) is 4.35. The Labute approximate surface area is 96.6 Å². The molecule has 0 unspecified atom stereocenters. The lowest BCUT2D eigenvalue weighted by molar-refractivity contribution is -0.119. The highest BCUT2D eigenvalue weighted by Gasteiger charge is 2.02. The Bertz CT molecular complexity index is 317. The van der Waals surface area contributed by atoms with Crippen LogP contribution in [-0.2, 0) is 4.79 Å². The summed E-state index contributed by atoms with van der Waals surface area (Å²) in [6.07, 6.45) is 1.70. The molecule has 14 heavy (non-hydrogen) atoms. The van der Waals surface area contributed by atoms with Crippen molar-refractivity contribution in [1.29, 1.82) is 0 Å². The number of anilines is 1. The van der Waals surface area contributed by atoms with Crippen LogP contribution in [0.1, 0.15) is 6.92 Å². The van der Waals surface area contributed by atoms with Gasteiger partial charge >= 0.3 is 0 Å². The zero-order valence-corrected chi connectivity index (χ0v) is 10.0. The van der Waals surface area contributed by atoms with Crippen LogP contribution in [0.15, 0.2) is 18.3 Å². The van der Waals surface area contributed by atoms with Crippen LogP contribution in [0.2, 0.25) is 0 Å². The molecule has 4 nitrogen and oxygen atoms in total. The van der Waals surface area contributed by atoms with Crippen molar-refractivity contribution in [3.05, 3.63) is 21.9 Å². The molecule has 0 radical (unpaired) electrons. The second kappa shape index (κ2) is 5.79. The molecule has 2 N–H and O–H groups in total. The van der Waals surface area contributed by atoms with Gasteiger partial charge in [0.25, 0.3) is 0 Å². The van der Waals surface area contributed by atoms with Crippen molar-refractivity contribution in [3.8, 4) is 0 Å². The lowest BCUT2D eigenvalue weighted by Crippen LogP contribution is -2.29. The lowest BCUT2D eigenvalue weighted by Gasteiger charge is -2.06. The van der Waals surface area contributed by atoms with Crippen molar-refractivity contribution in [3.63, 3.8) is 0 Å². The van der Waals surface area contributed by atoms with Crippen LogP contribution in [0.5, 0.6) is 0 Å². The number of pyridine rings is 1. The molecule has 1 aromatic rings. The molecule has 0 saturated heterocycles. The Morgan fingerprint density at radius 3 is 3.07 bits per heavy atom. The van der Waals surface area contributed by atoms with Crippen molar-refractivity contribution in [1.82, 2.24) is 10.3 Å². The summed E-state index contributed by atoms with van der Waals surface area (Å²) >= 11 is 2.17. The van der Waals surface area contributed by atoms with Crippen molar-refractivity contribution in [2.24, 2.45) is 0 Å². The van der Waals surface area contributed by atoms with Crippen LogP contribution in [0.3, 0.4) is 0 Å². The van der Waals surface area contributed by atoms with E-state index in [-0.39, 0.29) is 12.5 Å². The Morgan fingerprint density at radius 1 is 1.64 bits per heavy atom. The van der Waals surface area contributed by atoms with E-state index in [4.69, 9.17) is 0 Å². The minimum atomic E-state index is -0.0195. The fraction of sp³-hybridized carbons (Fsp3) is 0.333. The lowest BCUT2D eigenvalue weighted by atomic mass is 10.4. The molecule has 1 heterocycles. The maximum atomic E-state index is 11.1. The van der Waals surface area contributed by atoms with Gasteiger partial charge in [-0.15, -0.1) is 0 Å². The van der Waals surface area contributed by atoms with Crippen molar-refractivity contribution < 1.29 is 4.79 Å². The predicted molar refractivity (Wildman–Crippen MR) is 64.1 cm³/mol. The van der Waals surface area contributed by atoms with E-state index < -0.39 is 0 Å². The zero-order valence-electron chi connectivity index (χ0n) is 7.88. The Hall–Kier alpha value is -0.850. The first-order valence-corrected chi connectivity index (χ1v) is 5.43. The third-order valence-electron chi connectivity index (χ3n) is 1.55. The normalized spacial score (nSPS) is 9.57. The molecule has 1 amide bonds. The smallest absolute Gasteiger partial charge is 0.239 e. The summed E-state index contributed by atoms with van der Waals surface area (Å²) in [5.74, 6) is 0.730. The highest BCUT2D eigenvalue weighted by molar-refractivity contribution is 14.1. The molecule has 0 atom stereocenters. The van der Waals surface area contributed by atoms with Gasteiger partial charge in [-0.1, -0.05) is 0 Å². The number of nitrogens with zero attached hydrogens (tertiary/aromatic N) is 1. The van der Waals surface area contributed by atoms with E-state index in [2.05, 4.69) is 38.2 Å². The summed E-state index contributed by atoms with van der Waals surface area (Å²) in [5.41, 5.74) is 0. The van der Waals surface area contributed by atoms with Gasteiger partial charge in [0.2, 0.25) is 5.91 Å². The van der Waals surface area contributed by atoms with E-state index in [1.807, 2.05) is 19.1 Å². The fourth-order valence-electron chi connectivity index (χ4n) is 0.939. The summed E-state index contributed by atoms with van der Waals surface area (Å²) in [7, 11) is 0. The van der Waals surface area contributed by atoms with Crippen LogP contribution in [-0.4, -0.2) is 24.0 Å². The monoisotopic (exact) mass is 305 g/mol. The van der Waals surface area contributed by atoms with Crippen LogP contribution < -0.4 is 10.6 Å². The first-order chi connectivity index (χ1) is 6.74. The van der Waals surface area contributed by atoms with Crippen molar-refractivity contribution >= 4 is 34.3 Å². The molecule has 76 valence electrons. The number of amides is 1. The largest absolute Gasteiger partial charge is 0.360 e. The van der Waals surface area contributed by atoms with Gasteiger partial charge in [0, 0.05) is 12.7 Å². The molecule has 1 aromatic heterocycles. The van der Waals surface area contributed by atoms with Crippen LogP contribution in [0.4, 0.5) is 5.82 Å². The molecule has 0 aliphatic heterocycles. The minimum absolute atomic E-state index is 0.0195. The van der Waals surface area contributed by atoms with Crippen LogP contribution in [0.25, 0.3) is 0 Å². The van der Waals surface area contributed by atoms with Gasteiger partial charge in [-0.25, -0.2) is 4.98 Å². The predicted octanol–water partition coefficient (Wildman–Crippen LogP) is 1.23. The summed E-state index contributed by atoms with van der Waals surface area (Å²) in [4.78, 5) is 15.2. The topological polar surface area (TPSA) is 54.0 Å². The van der Waals surface area contributed by atoms with Crippen LogP contribution >= 0.6 is 22.6 Å². The van der Waals surface area contributed by atoms with E-state index in [1.54, 1.807) is 6.20 Å².